The number of pyridine rings is 1. The Balaban J connectivity index is 2.12. The number of aliphatic imine (C=N–C) groups is 1. The summed E-state index contributed by atoms with van der Waals surface area (Å²) in [6.45, 7) is 0. The summed E-state index contributed by atoms with van der Waals surface area (Å²) in [6.07, 6.45) is 2.69. The summed E-state index contributed by atoms with van der Waals surface area (Å²) in [4.78, 5) is 34.3. The van der Waals surface area contributed by atoms with E-state index in [2.05, 4.69) is 30.9 Å². The zero-order valence-electron chi connectivity index (χ0n) is 12.5. The highest BCUT2D eigenvalue weighted by atomic mass is 79.9. The maximum absolute atomic E-state index is 12.1. The number of aromatic nitrogens is 3. The van der Waals surface area contributed by atoms with Gasteiger partial charge in [0.2, 0.25) is 5.88 Å². The molecule has 2 N–H and O–H groups in total. The molecule has 0 saturated heterocycles. The van der Waals surface area contributed by atoms with Gasteiger partial charge < -0.3 is 5.11 Å². The number of hydrogen-bond donors (Lipinski definition) is 2. The van der Waals surface area contributed by atoms with Crippen molar-refractivity contribution in [2.24, 2.45) is 4.99 Å². The first-order chi connectivity index (χ1) is 12.0. The van der Waals surface area contributed by atoms with Gasteiger partial charge in [0.1, 0.15) is 5.56 Å². The lowest BCUT2D eigenvalue weighted by Crippen LogP contribution is -2.31. The Morgan fingerprint density at radius 2 is 2.08 bits per heavy atom. The smallest absolute Gasteiger partial charge is 0.335 e. The number of hydrogen-bond acceptors (Lipinski definition) is 5. The summed E-state index contributed by atoms with van der Waals surface area (Å²) in [7, 11) is 0. The summed E-state index contributed by atoms with van der Waals surface area (Å²) in [6, 6.07) is 9.66. The van der Waals surface area contributed by atoms with E-state index in [1.165, 1.54) is 6.07 Å². The van der Waals surface area contributed by atoms with E-state index in [1.807, 2.05) is 0 Å². The van der Waals surface area contributed by atoms with Gasteiger partial charge >= 0.3 is 5.69 Å². The molecule has 9 heteroatoms. The van der Waals surface area contributed by atoms with Crippen LogP contribution in [0.15, 0.2) is 61.6 Å². The molecule has 0 atom stereocenters. The SMILES string of the molecule is O=c1[nH]c(=O)n(-c2cccc(Cl)c2)c(O)c1C=Nc1ccc(Br)cn1. The first-order valence-electron chi connectivity index (χ1n) is 6.95. The van der Waals surface area contributed by atoms with Crippen molar-refractivity contribution in [3.8, 4) is 11.6 Å². The van der Waals surface area contributed by atoms with Crippen molar-refractivity contribution >= 4 is 39.6 Å². The molecule has 25 heavy (non-hydrogen) atoms. The average molecular weight is 422 g/mol. The maximum atomic E-state index is 12.1. The Morgan fingerprint density at radius 3 is 2.76 bits per heavy atom. The predicted octanol–water partition coefficient (Wildman–Crippen LogP) is 2.79. The number of rotatable bonds is 3. The number of benzene rings is 1. The fraction of sp³-hybridized carbons (Fsp3) is 0. The highest BCUT2D eigenvalue weighted by Gasteiger charge is 2.14. The van der Waals surface area contributed by atoms with Crippen LogP contribution in [0.25, 0.3) is 5.69 Å². The number of aromatic hydroxyl groups is 1. The highest BCUT2D eigenvalue weighted by Crippen LogP contribution is 2.19. The Kier molecular flexibility index (Phi) is 4.82. The van der Waals surface area contributed by atoms with Crippen molar-refractivity contribution in [2.45, 2.75) is 0 Å². The fourth-order valence-electron chi connectivity index (χ4n) is 2.08. The third-order valence-electron chi connectivity index (χ3n) is 3.22. The number of nitrogens with one attached hydrogen (secondary N) is 1. The molecule has 0 aliphatic carbocycles. The second-order valence-electron chi connectivity index (χ2n) is 4.90. The minimum atomic E-state index is -0.788. The van der Waals surface area contributed by atoms with Gasteiger partial charge in [-0.2, -0.15) is 0 Å². The lowest BCUT2D eigenvalue weighted by molar-refractivity contribution is 0.430. The molecule has 0 bridgehead atoms. The third kappa shape index (κ3) is 3.70. The van der Waals surface area contributed by atoms with Gasteiger partial charge in [0.05, 0.1) is 5.69 Å². The number of aromatic amines is 1. The average Bonchev–Trinajstić information content (AvgIpc) is 2.56. The van der Waals surface area contributed by atoms with Crippen LogP contribution in [0, 0.1) is 0 Å². The van der Waals surface area contributed by atoms with Gasteiger partial charge in [-0.3, -0.25) is 9.78 Å². The zero-order valence-corrected chi connectivity index (χ0v) is 14.8. The lowest BCUT2D eigenvalue weighted by atomic mass is 10.3. The van der Waals surface area contributed by atoms with Crippen LogP contribution in [0.4, 0.5) is 5.82 Å². The molecule has 0 unspecified atom stereocenters. The van der Waals surface area contributed by atoms with E-state index in [4.69, 9.17) is 11.6 Å². The minimum absolute atomic E-state index is 0.177. The largest absolute Gasteiger partial charge is 0.493 e. The Hall–Kier alpha value is -2.71. The van der Waals surface area contributed by atoms with Crippen LogP contribution < -0.4 is 11.2 Å². The molecule has 2 heterocycles. The molecule has 1 aromatic carbocycles. The highest BCUT2D eigenvalue weighted by molar-refractivity contribution is 9.10. The van der Waals surface area contributed by atoms with Crippen molar-refractivity contribution in [1.82, 2.24) is 14.5 Å². The molecule has 0 fully saturated rings. The van der Waals surface area contributed by atoms with E-state index in [0.717, 1.165) is 15.3 Å². The molecule has 0 saturated carbocycles. The van der Waals surface area contributed by atoms with Gasteiger partial charge in [0.15, 0.2) is 5.82 Å². The van der Waals surface area contributed by atoms with Crippen LogP contribution >= 0.6 is 27.5 Å². The Morgan fingerprint density at radius 1 is 1.28 bits per heavy atom. The topological polar surface area (TPSA) is 100 Å². The molecule has 7 nitrogen and oxygen atoms in total. The first-order valence-corrected chi connectivity index (χ1v) is 8.12. The molecule has 0 spiro atoms. The number of halogens is 2. The van der Waals surface area contributed by atoms with E-state index in [1.54, 1.807) is 36.5 Å². The van der Waals surface area contributed by atoms with E-state index < -0.39 is 17.1 Å². The predicted molar refractivity (Wildman–Crippen MR) is 98.5 cm³/mol. The van der Waals surface area contributed by atoms with Crippen molar-refractivity contribution in [2.75, 3.05) is 0 Å². The van der Waals surface area contributed by atoms with Crippen LogP contribution in [0.2, 0.25) is 5.02 Å². The van der Waals surface area contributed by atoms with Gasteiger partial charge in [-0.05, 0) is 46.3 Å². The van der Waals surface area contributed by atoms with Crippen molar-refractivity contribution in [3.63, 3.8) is 0 Å². The van der Waals surface area contributed by atoms with Crippen LogP contribution in [-0.4, -0.2) is 25.9 Å². The van der Waals surface area contributed by atoms with Crippen LogP contribution in [0.3, 0.4) is 0 Å². The second kappa shape index (κ2) is 7.04. The normalized spacial score (nSPS) is 11.1. The van der Waals surface area contributed by atoms with E-state index in [-0.39, 0.29) is 5.56 Å². The molecular weight excluding hydrogens is 412 g/mol. The quantitative estimate of drug-likeness (QED) is 0.635. The molecule has 126 valence electrons. The monoisotopic (exact) mass is 420 g/mol. The molecule has 0 radical (unpaired) electrons. The van der Waals surface area contributed by atoms with Crippen LogP contribution in [0.1, 0.15) is 5.56 Å². The molecule has 0 amide bonds. The summed E-state index contributed by atoms with van der Waals surface area (Å²) < 4.78 is 1.71. The molecule has 3 rings (SSSR count). The van der Waals surface area contributed by atoms with Gasteiger partial charge in [-0.15, -0.1) is 0 Å². The minimum Gasteiger partial charge on any atom is -0.493 e. The molecule has 0 aliphatic rings. The van der Waals surface area contributed by atoms with E-state index in [0.29, 0.717) is 16.5 Å². The molecule has 0 aliphatic heterocycles. The number of H-pyrrole nitrogens is 1. The molecule has 2 aromatic heterocycles. The molecular formula is C16H10BrClN4O3. The van der Waals surface area contributed by atoms with Gasteiger partial charge in [-0.1, -0.05) is 17.7 Å². The third-order valence-corrected chi connectivity index (χ3v) is 3.93. The Labute approximate surface area is 154 Å². The van der Waals surface area contributed by atoms with Crippen LogP contribution in [-0.2, 0) is 0 Å². The van der Waals surface area contributed by atoms with Crippen molar-refractivity contribution in [1.29, 1.82) is 0 Å². The standard InChI is InChI=1S/C16H10BrClN4O3/c17-9-4-5-13(19-7-9)20-8-12-14(23)21-16(25)22(15(12)24)11-3-1-2-10(18)6-11/h1-8,24H,(H,21,23,25). The summed E-state index contributed by atoms with van der Waals surface area (Å²) >= 11 is 9.17. The van der Waals surface area contributed by atoms with E-state index >= 15 is 0 Å². The first kappa shape index (κ1) is 17.1. The van der Waals surface area contributed by atoms with Crippen molar-refractivity contribution in [3.05, 3.63) is 78.5 Å². The Bertz CT molecular complexity index is 1070. The van der Waals surface area contributed by atoms with Gasteiger partial charge in [0.25, 0.3) is 5.56 Å². The summed E-state index contributed by atoms with van der Waals surface area (Å²) in [5, 5.41) is 10.8. The van der Waals surface area contributed by atoms with E-state index in [9.17, 15) is 14.7 Å². The zero-order chi connectivity index (χ0) is 18.0. The lowest BCUT2D eigenvalue weighted by Gasteiger charge is -2.09. The maximum Gasteiger partial charge on any atom is 0.335 e. The molecule has 3 aromatic rings. The van der Waals surface area contributed by atoms with Crippen molar-refractivity contribution < 1.29 is 5.11 Å². The van der Waals surface area contributed by atoms with Gasteiger partial charge in [0, 0.05) is 21.9 Å². The van der Waals surface area contributed by atoms with Crippen LogP contribution in [0.5, 0.6) is 5.88 Å². The fourth-order valence-corrected chi connectivity index (χ4v) is 2.50. The second-order valence-corrected chi connectivity index (χ2v) is 6.26. The number of nitrogens with zero attached hydrogens (tertiary/aromatic N) is 3. The summed E-state index contributed by atoms with van der Waals surface area (Å²) in [5.74, 6) is -0.209. The summed E-state index contributed by atoms with van der Waals surface area (Å²) in [5.41, 5.74) is -1.42. The van der Waals surface area contributed by atoms with Gasteiger partial charge in [-0.25, -0.2) is 19.3 Å².